The molecular weight excluding hydrogens is 778 g/mol. The molecular formula is C34H35F3N4O12S2. The maximum atomic E-state index is 13.5. The van der Waals surface area contributed by atoms with Gasteiger partial charge in [-0.25, -0.2) is 30.0 Å². The zero-order chi connectivity index (χ0) is 40.3. The molecule has 1 fully saturated rings. The molecule has 2 heterocycles. The number of nitrogens with zero attached hydrogens (tertiary/aromatic N) is 3. The van der Waals surface area contributed by atoms with Crippen molar-refractivity contribution in [2.24, 2.45) is 0 Å². The van der Waals surface area contributed by atoms with Crippen LogP contribution < -0.4 is 13.8 Å². The summed E-state index contributed by atoms with van der Waals surface area (Å²) in [4.78, 5) is 19.9. The quantitative estimate of drug-likeness (QED) is 0.0962. The summed E-state index contributed by atoms with van der Waals surface area (Å²) in [5.74, 6) is -1.97. The molecule has 0 saturated carbocycles. The number of benzene rings is 4. The molecule has 6 rings (SSSR count). The number of nitro benzene ring substituents is 2. The van der Waals surface area contributed by atoms with Gasteiger partial charge in [-0.15, -0.1) is 0 Å². The third-order valence-electron chi connectivity index (χ3n) is 7.43. The van der Waals surface area contributed by atoms with Crippen molar-refractivity contribution in [3.05, 3.63) is 123 Å². The van der Waals surface area contributed by atoms with E-state index in [-0.39, 0.29) is 40.1 Å². The molecule has 55 heavy (non-hydrogen) atoms. The second-order valence-electron chi connectivity index (χ2n) is 11.4. The van der Waals surface area contributed by atoms with Gasteiger partial charge in [0.15, 0.2) is 0 Å². The Morgan fingerprint density at radius 2 is 1.27 bits per heavy atom. The topological polar surface area (TPSA) is 210 Å². The van der Waals surface area contributed by atoms with Crippen LogP contribution in [-0.2, 0) is 34.3 Å². The van der Waals surface area contributed by atoms with Crippen molar-refractivity contribution in [2.75, 3.05) is 48.6 Å². The number of hydrogen-bond acceptors (Lipinski definition) is 12. The Balaban J connectivity index is 0.000000212. The summed E-state index contributed by atoms with van der Waals surface area (Å²) in [5.41, 5.74) is -1.23. The zero-order valence-electron chi connectivity index (χ0n) is 29.2. The van der Waals surface area contributed by atoms with Crippen molar-refractivity contribution in [1.29, 1.82) is 0 Å². The van der Waals surface area contributed by atoms with Gasteiger partial charge in [0.05, 0.1) is 51.7 Å². The van der Waals surface area contributed by atoms with E-state index in [4.69, 9.17) is 18.9 Å². The Kier molecular flexibility index (Phi) is 14.5. The highest BCUT2D eigenvalue weighted by molar-refractivity contribution is 7.93. The fraction of sp³-hybridized carbons (Fsp3) is 0.294. The summed E-state index contributed by atoms with van der Waals surface area (Å²) in [7, 11) is -8.26. The Bertz CT molecular complexity index is 2180. The van der Waals surface area contributed by atoms with Crippen LogP contribution in [0.25, 0.3) is 0 Å². The first-order valence-corrected chi connectivity index (χ1v) is 19.2. The van der Waals surface area contributed by atoms with Crippen molar-refractivity contribution in [2.45, 2.75) is 35.8 Å². The predicted octanol–water partition coefficient (Wildman–Crippen LogP) is 5.82. The van der Waals surface area contributed by atoms with E-state index >= 15 is 0 Å². The molecule has 16 nitrogen and oxygen atoms in total. The number of nitrogens with one attached hydrogen (secondary N) is 1. The Labute approximate surface area is 313 Å². The van der Waals surface area contributed by atoms with Crippen molar-refractivity contribution >= 4 is 42.8 Å². The van der Waals surface area contributed by atoms with Crippen LogP contribution in [0.4, 0.5) is 35.9 Å². The lowest BCUT2D eigenvalue weighted by Crippen LogP contribution is -2.45. The van der Waals surface area contributed by atoms with E-state index in [0.717, 1.165) is 96.9 Å². The van der Waals surface area contributed by atoms with Crippen LogP contribution in [0.15, 0.2) is 94.7 Å². The van der Waals surface area contributed by atoms with Crippen LogP contribution in [0.1, 0.15) is 13.8 Å². The molecule has 1 N–H and O–H groups in total. The van der Waals surface area contributed by atoms with Gasteiger partial charge in [-0.3, -0.25) is 29.3 Å². The fourth-order valence-corrected chi connectivity index (χ4v) is 7.20. The van der Waals surface area contributed by atoms with Gasteiger partial charge in [0.1, 0.15) is 41.1 Å². The minimum Gasteiger partial charge on any atom is -0.484 e. The molecule has 0 bridgehead atoms. The summed E-state index contributed by atoms with van der Waals surface area (Å²) in [6.45, 7) is 6.78. The monoisotopic (exact) mass is 812 g/mol. The van der Waals surface area contributed by atoms with Crippen molar-refractivity contribution in [3.8, 4) is 5.75 Å². The normalized spacial score (nSPS) is 15.9. The summed E-state index contributed by atoms with van der Waals surface area (Å²) >= 11 is 0. The van der Waals surface area contributed by atoms with Crippen LogP contribution in [0.2, 0.25) is 0 Å². The number of non-ortho nitro benzene ring substituents is 2. The fourth-order valence-electron chi connectivity index (χ4n) is 4.65. The second kappa shape index (κ2) is 18.8. The number of nitro groups is 2. The van der Waals surface area contributed by atoms with Gasteiger partial charge in [0, 0.05) is 37.5 Å². The van der Waals surface area contributed by atoms with Gasteiger partial charge in [0.2, 0.25) is 0 Å². The van der Waals surface area contributed by atoms with Gasteiger partial charge >= 0.3 is 0 Å². The molecule has 296 valence electrons. The lowest BCUT2D eigenvalue weighted by Gasteiger charge is -2.35. The third-order valence-corrected chi connectivity index (χ3v) is 10.6. The van der Waals surface area contributed by atoms with E-state index in [1.807, 2.05) is 11.6 Å². The number of ether oxygens (including phenoxy) is 4. The summed E-state index contributed by atoms with van der Waals surface area (Å²) in [5, 5.41) is 21.7. The molecule has 0 aliphatic carbocycles. The van der Waals surface area contributed by atoms with Gasteiger partial charge < -0.3 is 18.9 Å². The molecule has 2 aliphatic heterocycles. The van der Waals surface area contributed by atoms with E-state index in [2.05, 4.69) is 0 Å². The maximum absolute atomic E-state index is 13.5. The minimum atomic E-state index is -4.17. The molecule has 4 aromatic carbocycles. The highest BCUT2D eigenvalue weighted by Crippen LogP contribution is 2.39. The third kappa shape index (κ3) is 11.8. The smallest absolute Gasteiger partial charge is 0.271 e. The Hall–Kier alpha value is -5.35. The molecule has 4 aromatic rings. The minimum absolute atomic E-state index is 0.0567. The van der Waals surface area contributed by atoms with Crippen LogP contribution in [0.3, 0.4) is 0 Å². The van der Waals surface area contributed by atoms with Crippen molar-refractivity contribution < 1.29 is 58.8 Å². The average Bonchev–Trinajstić information content (AvgIpc) is 3.99. The van der Waals surface area contributed by atoms with E-state index in [0.29, 0.717) is 12.7 Å². The lowest BCUT2D eigenvalue weighted by molar-refractivity contribution is -0.385. The van der Waals surface area contributed by atoms with Gasteiger partial charge in [-0.05, 0) is 74.5 Å². The molecule has 0 radical (unpaired) electrons. The summed E-state index contributed by atoms with van der Waals surface area (Å²) in [6.07, 6.45) is -0.158. The zero-order valence-corrected chi connectivity index (χ0v) is 30.8. The largest absolute Gasteiger partial charge is 0.484 e. The first kappa shape index (κ1) is 42.4. The van der Waals surface area contributed by atoms with Gasteiger partial charge in [-0.1, -0.05) is 0 Å². The Morgan fingerprint density at radius 3 is 1.80 bits per heavy atom. The van der Waals surface area contributed by atoms with Crippen molar-refractivity contribution in [1.82, 2.24) is 0 Å². The number of fused-ring (bicyclic) bond motifs is 1. The van der Waals surface area contributed by atoms with Crippen LogP contribution in [0.5, 0.6) is 5.75 Å². The van der Waals surface area contributed by atoms with Gasteiger partial charge in [-0.2, -0.15) is 0 Å². The summed E-state index contributed by atoms with van der Waals surface area (Å²) < 4.78 is 114. The van der Waals surface area contributed by atoms with Gasteiger partial charge in [0.25, 0.3) is 31.4 Å². The second-order valence-corrected chi connectivity index (χ2v) is 14.9. The standard InChI is InChI=1S/C17H17FN2O6S.C12H8F2N2O4S.C5H10O2/c1-2-25-11-14-10-19(27(23,24)15-6-3-12(18)4-7-15)16-9-13(20(21)22)5-8-17(16)26-14;13-8-1-4-10(5-2-8)21(19,20)15-12-7-9(16(17)18)3-6-11(12)14;1-2-6-3-5-4-7-5/h3-9,14H,2,10-11H2,1H3;1-7,15H;5H,2-4H2,1H3. The van der Waals surface area contributed by atoms with E-state index in [1.54, 1.807) is 6.92 Å². The molecule has 2 atom stereocenters. The number of epoxide rings is 1. The van der Waals surface area contributed by atoms with Crippen LogP contribution in [0, 0.1) is 37.7 Å². The number of halogens is 3. The number of anilines is 2. The highest BCUT2D eigenvalue weighted by Gasteiger charge is 2.36. The van der Waals surface area contributed by atoms with E-state index < -0.39 is 64.8 Å². The Morgan fingerprint density at radius 1 is 0.764 bits per heavy atom. The lowest BCUT2D eigenvalue weighted by atomic mass is 10.2. The highest BCUT2D eigenvalue weighted by atomic mass is 32.2. The molecule has 2 aliphatic rings. The molecule has 0 aromatic heterocycles. The molecule has 2 unspecified atom stereocenters. The number of rotatable bonds is 13. The average molecular weight is 813 g/mol. The SMILES string of the molecule is CCOCC1CN(S(=O)(=O)c2ccc(F)cc2)c2cc([N+](=O)[O-])ccc2O1.CCOCC1CO1.O=[N+]([O-])c1ccc(F)c(NS(=O)(=O)c2ccc(F)cc2)c1. The summed E-state index contributed by atoms with van der Waals surface area (Å²) in [6, 6.07) is 14.4. The van der Waals surface area contributed by atoms with Crippen molar-refractivity contribution in [3.63, 3.8) is 0 Å². The first-order valence-electron chi connectivity index (χ1n) is 16.3. The maximum Gasteiger partial charge on any atom is 0.271 e. The van der Waals surface area contributed by atoms with Crippen LogP contribution in [-0.4, -0.2) is 78.5 Å². The molecule has 1 saturated heterocycles. The van der Waals surface area contributed by atoms with E-state index in [9.17, 15) is 50.2 Å². The predicted molar refractivity (Wildman–Crippen MR) is 191 cm³/mol. The first-order chi connectivity index (χ1) is 26.0. The number of sulfonamides is 2. The van der Waals surface area contributed by atoms with Crippen LogP contribution >= 0.6 is 0 Å². The number of hydrogen-bond donors (Lipinski definition) is 1. The molecule has 0 amide bonds. The van der Waals surface area contributed by atoms with E-state index in [1.165, 1.54) is 12.1 Å². The molecule has 0 spiro atoms. The molecule has 21 heteroatoms.